The van der Waals surface area contributed by atoms with Crippen LogP contribution in [0, 0.1) is 5.92 Å². The number of benzene rings is 4. The second kappa shape index (κ2) is 11.9. The molecule has 1 aliphatic rings. The van der Waals surface area contributed by atoms with Gasteiger partial charge in [0, 0.05) is 12.5 Å². The van der Waals surface area contributed by atoms with Gasteiger partial charge in [-0.1, -0.05) is 78.9 Å². The molecule has 0 aliphatic carbocycles. The van der Waals surface area contributed by atoms with Crippen molar-refractivity contribution in [1.29, 1.82) is 0 Å². The molecule has 1 saturated heterocycles. The van der Waals surface area contributed by atoms with Crippen LogP contribution in [0.2, 0.25) is 0 Å². The molecule has 0 bridgehead atoms. The van der Waals surface area contributed by atoms with E-state index in [1.165, 1.54) is 5.56 Å². The lowest BCUT2D eigenvalue weighted by molar-refractivity contribution is 0.0810. The molecule has 0 aromatic heterocycles. The number of hydrogen-bond donors (Lipinski definition) is 1. The topological polar surface area (TPSA) is 68.2 Å². The third kappa shape index (κ3) is 5.94. The first-order valence-corrected chi connectivity index (χ1v) is 14.3. The predicted octanol–water partition coefficient (Wildman–Crippen LogP) is 7.10. The van der Waals surface area contributed by atoms with E-state index in [-0.39, 0.29) is 11.8 Å². The van der Waals surface area contributed by atoms with Crippen LogP contribution in [0.1, 0.15) is 29.5 Å². The van der Waals surface area contributed by atoms with E-state index in [1.807, 2.05) is 78.9 Å². The van der Waals surface area contributed by atoms with E-state index in [0.717, 1.165) is 11.3 Å². The Balaban J connectivity index is 1.52. The summed E-state index contributed by atoms with van der Waals surface area (Å²) in [5.74, 6) is 1.82. The molecule has 1 aliphatic heterocycles. The second-order valence-corrected chi connectivity index (χ2v) is 11.0. The molecule has 1 fully saturated rings. The van der Waals surface area contributed by atoms with Crippen LogP contribution < -0.4 is 14.0 Å². The maximum absolute atomic E-state index is 13.9. The maximum atomic E-state index is 13.9. The number of rotatable bonds is 9. The Hall–Kier alpha value is -3.57. The van der Waals surface area contributed by atoms with Crippen LogP contribution in [0.25, 0.3) is 0 Å². The quantitative estimate of drug-likeness (QED) is 0.233. The van der Waals surface area contributed by atoms with Gasteiger partial charge in [0.1, 0.15) is 17.2 Å². The Morgan fingerprint density at radius 2 is 1.32 bits per heavy atom. The van der Waals surface area contributed by atoms with Crippen molar-refractivity contribution in [3.8, 4) is 17.2 Å². The third-order valence-electron chi connectivity index (χ3n) is 7.08. The van der Waals surface area contributed by atoms with Crippen molar-refractivity contribution in [2.24, 2.45) is 5.92 Å². The summed E-state index contributed by atoms with van der Waals surface area (Å²) in [5, 5.41) is 0. The fourth-order valence-electron chi connectivity index (χ4n) is 5.28. The number of nitrogens with zero attached hydrogens (tertiary/aromatic N) is 1. The van der Waals surface area contributed by atoms with E-state index in [4.69, 9.17) is 14.0 Å². The summed E-state index contributed by atoms with van der Waals surface area (Å²) >= 11 is 0. The van der Waals surface area contributed by atoms with E-state index in [2.05, 4.69) is 12.1 Å². The van der Waals surface area contributed by atoms with Gasteiger partial charge in [-0.3, -0.25) is 0 Å². The standard InChI is InChI=1S/C31H32NO5P/c1-35-26-17-19-27(20-18-26)36-23-30-29(24-11-5-2-6-12-24)21-22-32(31(30)25-13-7-3-8-14-25)38(33,34)37-28-15-9-4-10-16-28/h2-20,29-31H,21-23H2,1H3,(H,33,34). The molecular weight excluding hydrogens is 497 g/mol. The molecule has 38 heavy (non-hydrogen) atoms. The minimum absolute atomic E-state index is 0.118. The SMILES string of the molecule is COc1ccc(OCC2C(c3ccccc3)CCN(P(=O)(O)Oc3ccccc3)C2c2ccccc2)cc1. The number of hydrogen-bond acceptors (Lipinski definition) is 4. The summed E-state index contributed by atoms with van der Waals surface area (Å²) in [7, 11) is -2.58. The Morgan fingerprint density at radius 1 is 0.763 bits per heavy atom. The van der Waals surface area contributed by atoms with Crippen molar-refractivity contribution < 1.29 is 23.5 Å². The van der Waals surface area contributed by atoms with Crippen LogP contribution in [0.5, 0.6) is 17.2 Å². The summed E-state index contributed by atoms with van der Waals surface area (Å²) in [6, 6.07) is 36.1. The number of para-hydroxylation sites is 1. The first-order chi connectivity index (χ1) is 18.5. The van der Waals surface area contributed by atoms with E-state index < -0.39 is 13.8 Å². The van der Waals surface area contributed by atoms with Crippen LogP contribution in [0.15, 0.2) is 115 Å². The van der Waals surface area contributed by atoms with Crippen molar-refractivity contribution in [2.45, 2.75) is 18.4 Å². The molecule has 6 nitrogen and oxygen atoms in total. The van der Waals surface area contributed by atoms with Crippen LogP contribution in [-0.2, 0) is 4.57 Å². The highest BCUT2D eigenvalue weighted by molar-refractivity contribution is 7.50. The zero-order valence-electron chi connectivity index (χ0n) is 21.3. The van der Waals surface area contributed by atoms with Gasteiger partial charge in [-0.05, 0) is 59.9 Å². The van der Waals surface area contributed by atoms with E-state index in [0.29, 0.717) is 31.1 Å². The van der Waals surface area contributed by atoms with Crippen LogP contribution in [0.4, 0.5) is 0 Å². The molecule has 0 radical (unpaired) electrons. The molecule has 0 amide bonds. The summed E-state index contributed by atoms with van der Waals surface area (Å²) in [5.41, 5.74) is 2.13. The van der Waals surface area contributed by atoms with Crippen molar-refractivity contribution in [2.75, 3.05) is 20.3 Å². The van der Waals surface area contributed by atoms with Crippen molar-refractivity contribution in [1.82, 2.24) is 4.67 Å². The van der Waals surface area contributed by atoms with E-state index in [1.54, 1.807) is 36.0 Å². The summed E-state index contributed by atoms with van der Waals surface area (Å²) in [6.07, 6.45) is 0.687. The van der Waals surface area contributed by atoms with Crippen LogP contribution in [-0.4, -0.2) is 29.8 Å². The maximum Gasteiger partial charge on any atom is 0.459 e. The fourth-order valence-corrected chi connectivity index (χ4v) is 6.76. The summed E-state index contributed by atoms with van der Waals surface area (Å²) in [4.78, 5) is 11.3. The monoisotopic (exact) mass is 529 g/mol. The highest BCUT2D eigenvalue weighted by Gasteiger charge is 2.48. The third-order valence-corrected chi connectivity index (χ3v) is 8.62. The summed E-state index contributed by atoms with van der Waals surface area (Å²) < 4.78 is 32.9. The zero-order chi connectivity index (χ0) is 26.4. The summed E-state index contributed by atoms with van der Waals surface area (Å²) in [6.45, 7) is 0.756. The largest absolute Gasteiger partial charge is 0.497 e. The lowest BCUT2D eigenvalue weighted by Crippen LogP contribution is -2.43. The lowest BCUT2D eigenvalue weighted by Gasteiger charge is -2.46. The van der Waals surface area contributed by atoms with Gasteiger partial charge >= 0.3 is 7.75 Å². The van der Waals surface area contributed by atoms with Gasteiger partial charge in [0.2, 0.25) is 0 Å². The Labute approximate surface area is 224 Å². The molecule has 4 unspecified atom stereocenters. The average Bonchev–Trinajstić information content (AvgIpc) is 2.97. The Kier molecular flexibility index (Phi) is 8.14. The highest BCUT2D eigenvalue weighted by atomic mass is 31.2. The van der Waals surface area contributed by atoms with Crippen molar-refractivity contribution in [3.63, 3.8) is 0 Å². The van der Waals surface area contributed by atoms with Gasteiger partial charge in [0.05, 0.1) is 19.8 Å². The minimum atomic E-state index is -4.21. The van der Waals surface area contributed by atoms with Gasteiger partial charge in [-0.15, -0.1) is 0 Å². The number of methoxy groups -OCH3 is 1. The van der Waals surface area contributed by atoms with E-state index in [9.17, 15) is 9.46 Å². The predicted molar refractivity (Wildman–Crippen MR) is 149 cm³/mol. The molecule has 4 aromatic carbocycles. The average molecular weight is 530 g/mol. The number of ether oxygens (including phenoxy) is 2. The second-order valence-electron chi connectivity index (χ2n) is 9.37. The molecule has 4 aromatic rings. The number of piperidine rings is 1. The van der Waals surface area contributed by atoms with Gasteiger partial charge in [0.25, 0.3) is 0 Å². The van der Waals surface area contributed by atoms with Gasteiger partial charge in [0.15, 0.2) is 0 Å². The fraction of sp³-hybridized carbons (Fsp3) is 0.226. The lowest BCUT2D eigenvalue weighted by atomic mass is 9.75. The highest BCUT2D eigenvalue weighted by Crippen LogP contribution is 2.57. The molecule has 0 spiro atoms. The minimum Gasteiger partial charge on any atom is -0.497 e. The molecule has 4 atom stereocenters. The molecule has 5 rings (SSSR count). The smallest absolute Gasteiger partial charge is 0.459 e. The van der Waals surface area contributed by atoms with Crippen LogP contribution in [0.3, 0.4) is 0 Å². The first-order valence-electron chi connectivity index (χ1n) is 12.8. The van der Waals surface area contributed by atoms with Crippen molar-refractivity contribution >= 4 is 7.75 Å². The first kappa shape index (κ1) is 26.1. The van der Waals surface area contributed by atoms with Gasteiger partial charge < -0.3 is 18.9 Å². The molecule has 1 N–H and O–H groups in total. The van der Waals surface area contributed by atoms with E-state index >= 15 is 0 Å². The Bertz CT molecular complexity index is 1340. The Morgan fingerprint density at radius 3 is 1.92 bits per heavy atom. The zero-order valence-corrected chi connectivity index (χ0v) is 22.2. The van der Waals surface area contributed by atoms with Gasteiger partial charge in [-0.2, -0.15) is 4.67 Å². The molecule has 7 heteroatoms. The normalized spacial score (nSPS) is 21.3. The molecule has 1 heterocycles. The molecule has 0 saturated carbocycles. The molecular formula is C31H32NO5P. The van der Waals surface area contributed by atoms with Crippen molar-refractivity contribution in [3.05, 3.63) is 126 Å². The van der Waals surface area contributed by atoms with Gasteiger partial charge in [-0.25, -0.2) is 4.57 Å². The van der Waals surface area contributed by atoms with Crippen LogP contribution >= 0.6 is 7.75 Å². The molecule has 196 valence electrons.